The van der Waals surface area contributed by atoms with E-state index in [2.05, 4.69) is 5.43 Å². The van der Waals surface area contributed by atoms with Gasteiger partial charge in [-0.1, -0.05) is 30.3 Å². The fraction of sp³-hybridized carbons (Fsp3) is 0.250. The lowest BCUT2D eigenvalue weighted by Gasteiger charge is -2.17. The summed E-state index contributed by atoms with van der Waals surface area (Å²) in [5, 5.41) is 0. The monoisotopic (exact) mass is 292 g/mol. The fourth-order valence-electron chi connectivity index (χ4n) is 2.05. The third-order valence-corrected chi connectivity index (χ3v) is 3.21. The smallest absolute Gasteiger partial charge is 0.162 e. The van der Waals surface area contributed by atoms with Gasteiger partial charge in [0.1, 0.15) is 5.75 Å². The average molecular weight is 292 g/mol. The number of nitrogens with one attached hydrogen (secondary N) is 1. The average Bonchev–Trinajstić information content (AvgIpc) is 2.51. The van der Waals surface area contributed by atoms with Crippen molar-refractivity contribution in [1.82, 2.24) is 5.43 Å². The zero-order valence-corrected chi connectivity index (χ0v) is 11.6. The Kier molecular flexibility index (Phi) is 5.66. The number of ether oxygens (including phenoxy) is 1. The van der Waals surface area contributed by atoms with Crippen LogP contribution >= 0.6 is 0 Å². The largest absolute Gasteiger partial charge is 0.494 e. The molecule has 0 saturated carbocycles. The van der Waals surface area contributed by atoms with Crippen LogP contribution in [0.15, 0.2) is 48.5 Å². The molecule has 3 N–H and O–H groups in total. The molecule has 5 heteroatoms. The van der Waals surface area contributed by atoms with Gasteiger partial charge in [-0.15, -0.1) is 0 Å². The summed E-state index contributed by atoms with van der Waals surface area (Å²) >= 11 is 0. The second-order valence-electron chi connectivity index (χ2n) is 4.73. The summed E-state index contributed by atoms with van der Waals surface area (Å²) < 4.78 is 32.3. The van der Waals surface area contributed by atoms with E-state index in [0.717, 1.165) is 11.8 Å². The molecule has 0 spiro atoms. The molecule has 0 radical (unpaired) electrons. The van der Waals surface area contributed by atoms with Crippen molar-refractivity contribution in [3.05, 3.63) is 65.7 Å². The molecule has 0 saturated heterocycles. The Balaban J connectivity index is 1.87. The van der Waals surface area contributed by atoms with Crippen molar-refractivity contribution in [3.8, 4) is 5.75 Å². The van der Waals surface area contributed by atoms with Crippen molar-refractivity contribution in [2.24, 2.45) is 5.84 Å². The Morgan fingerprint density at radius 2 is 1.81 bits per heavy atom. The number of rotatable bonds is 7. The van der Waals surface area contributed by atoms with Gasteiger partial charge in [-0.2, -0.15) is 0 Å². The van der Waals surface area contributed by atoms with E-state index < -0.39 is 11.6 Å². The number of hydrogen-bond donors (Lipinski definition) is 2. The molecule has 21 heavy (non-hydrogen) atoms. The van der Waals surface area contributed by atoms with Crippen molar-refractivity contribution >= 4 is 0 Å². The quantitative estimate of drug-likeness (QED) is 0.609. The molecular formula is C16H18F2N2O. The SMILES string of the molecule is NNC(CCOc1ccccc1)Cc1cccc(F)c1F. The molecule has 0 fully saturated rings. The van der Waals surface area contributed by atoms with Crippen LogP contribution in [0.4, 0.5) is 8.78 Å². The predicted molar refractivity (Wildman–Crippen MR) is 77.7 cm³/mol. The Hall–Kier alpha value is -1.98. The van der Waals surface area contributed by atoms with Crippen LogP contribution in [0.2, 0.25) is 0 Å². The Labute approximate surface area is 122 Å². The van der Waals surface area contributed by atoms with Crippen molar-refractivity contribution < 1.29 is 13.5 Å². The molecule has 2 aromatic carbocycles. The van der Waals surface area contributed by atoms with Gasteiger partial charge in [0.05, 0.1) is 6.61 Å². The molecule has 0 heterocycles. The van der Waals surface area contributed by atoms with Crippen molar-refractivity contribution in [1.29, 1.82) is 0 Å². The van der Waals surface area contributed by atoms with Gasteiger partial charge < -0.3 is 4.74 Å². The van der Waals surface area contributed by atoms with Gasteiger partial charge in [0.25, 0.3) is 0 Å². The van der Waals surface area contributed by atoms with Crippen LogP contribution in [0.1, 0.15) is 12.0 Å². The first-order chi connectivity index (χ1) is 10.2. The van der Waals surface area contributed by atoms with Gasteiger partial charge in [-0.25, -0.2) is 8.78 Å². The normalized spacial score (nSPS) is 12.1. The molecular weight excluding hydrogens is 274 g/mol. The third-order valence-electron chi connectivity index (χ3n) is 3.21. The molecule has 0 amide bonds. The van der Waals surface area contributed by atoms with Gasteiger partial charge in [-0.05, 0) is 36.6 Å². The summed E-state index contributed by atoms with van der Waals surface area (Å²) in [5.74, 6) is 4.57. The third kappa shape index (κ3) is 4.51. The van der Waals surface area contributed by atoms with Gasteiger partial charge in [0, 0.05) is 6.04 Å². The molecule has 0 bridgehead atoms. The van der Waals surface area contributed by atoms with E-state index >= 15 is 0 Å². The predicted octanol–water partition coefficient (Wildman–Crippen LogP) is 2.81. The van der Waals surface area contributed by atoms with E-state index in [1.807, 2.05) is 30.3 Å². The van der Waals surface area contributed by atoms with Crippen LogP contribution in [-0.4, -0.2) is 12.6 Å². The topological polar surface area (TPSA) is 47.3 Å². The molecule has 0 aliphatic carbocycles. The van der Waals surface area contributed by atoms with Crippen LogP contribution in [-0.2, 0) is 6.42 Å². The van der Waals surface area contributed by atoms with Crippen molar-refractivity contribution in [2.75, 3.05) is 6.61 Å². The number of para-hydroxylation sites is 1. The molecule has 112 valence electrons. The van der Waals surface area contributed by atoms with Crippen LogP contribution in [0, 0.1) is 11.6 Å². The molecule has 3 nitrogen and oxygen atoms in total. The minimum atomic E-state index is -0.844. The summed E-state index contributed by atoms with van der Waals surface area (Å²) in [4.78, 5) is 0. The maximum Gasteiger partial charge on any atom is 0.162 e. The highest BCUT2D eigenvalue weighted by Gasteiger charge is 2.13. The maximum absolute atomic E-state index is 13.6. The zero-order chi connectivity index (χ0) is 15.1. The Morgan fingerprint density at radius 3 is 2.52 bits per heavy atom. The number of hydrogen-bond acceptors (Lipinski definition) is 3. The Morgan fingerprint density at radius 1 is 1.05 bits per heavy atom. The van der Waals surface area contributed by atoms with Crippen LogP contribution in [0.3, 0.4) is 0 Å². The minimum Gasteiger partial charge on any atom is -0.494 e. The number of hydrazine groups is 1. The number of nitrogens with two attached hydrogens (primary N) is 1. The summed E-state index contributed by atoms with van der Waals surface area (Å²) in [7, 11) is 0. The van der Waals surface area contributed by atoms with Gasteiger partial charge >= 0.3 is 0 Å². The van der Waals surface area contributed by atoms with E-state index in [1.165, 1.54) is 6.07 Å². The highest BCUT2D eigenvalue weighted by atomic mass is 19.2. The van der Waals surface area contributed by atoms with Gasteiger partial charge in [0.2, 0.25) is 0 Å². The molecule has 2 rings (SSSR count). The lowest BCUT2D eigenvalue weighted by Crippen LogP contribution is -2.38. The molecule has 1 unspecified atom stereocenters. The lowest BCUT2D eigenvalue weighted by molar-refractivity contribution is 0.284. The molecule has 0 aliphatic rings. The highest BCUT2D eigenvalue weighted by Crippen LogP contribution is 2.15. The van der Waals surface area contributed by atoms with Crippen LogP contribution < -0.4 is 16.0 Å². The van der Waals surface area contributed by atoms with Gasteiger partial charge in [-0.3, -0.25) is 11.3 Å². The summed E-state index contributed by atoms with van der Waals surface area (Å²) in [6.07, 6.45) is 0.888. The standard InChI is InChI=1S/C16H18F2N2O/c17-15-8-4-5-12(16(15)18)11-13(20-19)9-10-21-14-6-2-1-3-7-14/h1-8,13,20H,9-11,19H2. The van der Waals surface area contributed by atoms with E-state index in [1.54, 1.807) is 6.07 Å². The Bertz CT molecular complexity index is 563. The fourth-order valence-corrected chi connectivity index (χ4v) is 2.05. The maximum atomic E-state index is 13.6. The number of halogens is 2. The van der Waals surface area contributed by atoms with Crippen molar-refractivity contribution in [3.63, 3.8) is 0 Å². The first-order valence-electron chi connectivity index (χ1n) is 6.77. The first-order valence-corrected chi connectivity index (χ1v) is 6.77. The lowest BCUT2D eigenvalue weighted by atomic mass is 10.0. The summed E-state index contributed by atoms with van der Waals surface area (Å²) in [6, 6.07) is 13.3. The first kappa shape index (κ1) is 15.4. The van der Waals surface area contributed by atoms with E-state index in [4.69, 9.17) is 10.6 Å². The second kappa shape index (κ2) is 7.71. The van der Waals surface area contributed by atoms with Crippen molar-refractivity contribution in [2.45, 2.75) is 18.9 Å². The van der Waals surface area contributed by atoms with E-state index in [0.29, 0.717) is 25.0 Å². The summed E-state index contributed by atoms with van der Waals surface area (Å²) in [6.45, 7) is 0.440. The van der Waals surface area contributed by atoms with E-state index in [9.17, 15) is 8.78 Å². The second-order valence-corrected chi connectivity index (χ2v) is 4.73. The van der Waals surface area contributed by atoms with Crippen LogP contribution in [0.25, 0.3) is 0 Å². The zero-order valence-electron chi connectivity index (χ0n) is 11.6. The van der Waals surface area contributed by atoms with E-state index in [-0.39, 0.29) is 6.04 Å². The molecule has 0 aliphatic heterocycles. The highest BCUT2D eigenvalue weighted by molar-refractivity contribution is 5.21. The minimum absolute atomic E-state index is 0.190. The molecule has 2 aromatic rings. The molecule has 1 atom stereocenters. The van der Waals surface area contributed by atoms with Crippen LogP contribution in [0.5, 0.6) is 5.75 Å². The number of benzene rings is 2. The van der Waals surface area contributed by atoms with Gasteiger partial charge in [0.15, 0.2) is 11.6 Å². The summed E-state index contributed by atoms with van der Waals surface area (Å²) in [5.41, 5.74) is 2.92. The molecule has 0 aromatic heterocycles.